The van der Waals surface area contributed by atoms with Gasteiger partial charge in [-0.05, 0) is 73.4 Å². The maximum Gasteiger partial charge on any atom is 0.420 e. The summed E-state index contributed by atoms with van der Waals surface area (Å²) in [6, 6.07) is 14.6. The van der Waals surface area contributed by atoms with Crippen molar-refractivity contribution in [2.45, 2.75) is 135 Å². The van der Waals surface area contributed by atoms with Crippen LogP contribution in [0.1, 0.15) is 109 Å². The minimum atomic E-state index is -5.27. The largest absolute Gasteiger partial charge is 0.450 e. The number of esters is 1. The van der Waals surface area contributed by atoms with Crippen molar-refractivity contribution in [2.24, 2.45) is 10.9 Å². The Balaban J connectivity index is 1.29. The van der Waals surface area contributed by atoms with Crippen molar-refractivity contribution >= 4 is 68.5 Å². The molecule has 1 aliphatic heterocycles. The number of imide groups is 1. The molecule has 3 heterocycles. The van der Waals surface area contributed by atoms with Crippen LogP contribution in [0.25, 0.3) is 0 Å². The maximum absolute atomic E-state index is 14.4. The molecule has 382 valence electrons. The van der Waals surface area contributed by atoms with E-state index in [2.05, 4.69) is 31.0 Å². The first-order valence-electron chi connectivity index (χ1n) is 22.1. The lowest BCUT2D eigenvalue weighted by atomic mass is 9.98. The number of nitrogens with one attached hydrogen (secondary N) is 2. The van der Waals surface area contributed by atoms with E-state index in [4.69, 9.17) is 29.5 Å². The molecular formula is C45H56N10O14S2. The van der Waals surface area contributed by atoms with E-state index in [-0.39, 0.29) is 45.9 Å². The third-order valence-corrected chi connectivity index (χ3v) is 11.7. The van der Waals surface area contributed by atoms with Gasteiger partial charge < -0.3 is 34.8 Å². The summed E-state index contributed by atoms with van der Waals surface area (Å²) in [7, 11) is -5.27. The van der Waals surface area contributed by atoms with E-state index >= 15 is 0 Å². The highest BCUT2D eigenvalue weighted by Crippen LogP contribution is 2.43. The summed E-state index contributed by atoms with van der Waals surface area (Å²) in [5, 5.41) is 18.8. The van der Waals surface area contributed by atoms with Crippen molar-refractivity contribution in [3.63, 3.8) is 0 Å². The highest BCUT2D eigenvalue weighted by molar-refractivity contribution is 7.84. The fourth-order valence-corrected chi connectivity index (χ4v) is 8.25. The summed E-state index contributed by atoms with van der Waals surface area (Å²) < 4.78 is 57.7. The summed E-state index contributed by atoms with van der Waals surface area (Å²) in [6.07, 6.45) is -3.63. The molecule has 2 atom stereocenters. The Morgan fingerprint density at radius 2 is 1.41 bits per heavy atom. The van der Waals surface area contributed by atoms with Crippen LogP contribution in [-0.2, 0) is 68.1 Å². The Hall–Kier alpha value is -7.03. The molecule has 0 unspecified atom stereocenters. The molecule has 2 aromatic heterocycles. The van der Waals surface area contributed by atoms with E-state index < -0.39 is 106 Å². The van der Waals surface area contributed by atoms with Crippen LogP contribution < -0.4 is 16.4 Å². The standard InChI is InChI=1S/C45H56N10O14S2/c1-42(2,3)66-39(59)49-38-47-30(25-70-38)32(52-69-45(20-21-45)37(58)65-34(26-16-12-10-13-17-26)27-18-14-11-15-19-27)35(56)48-33-31(55(36(33)57)71(62,63)64)24-54-50-28(22-46)29(51-54)23-53(40(60)67-43(4,5)6)41(61)68-44(7,8)9/h10-19,25,31,33-34H,20-24,46H2,1-9H3,(H,48,56)(H,47,49,59)(H,62,63,64)/b52-32-/t31-,33+/m1/s1. The van der Waals surface area contributed by atoms with Crippen molar-refractivity contribution < 1.29 is 65.5 Å². The zero-order chi connectivity index (χ0) is 52.3. The lowest BCUT2D eigenvalue weighted by Crippen LogP contribution is -2.73. The van der Waals surface area contributed by atoms with E-state index in [1.807, 2.05) is 12.1 Å². The predicted molar refractivity (Wildman–Crippen MR) is 252 cm³/mol. The van der Waals surface area contributed by atoms with Crippen LogP contribution in [0.3, 0.4) is 0 Å². The Labute approximate surface area is 413 Å². The third kappa shape index (κ3) is 13.9. The number of carbonyl (C=O) groups excluding carboxylic acids is 6. The van der Waals surface area contributed by atoms with Gasteiger partial charge in [-0.15, -0.1) is 11.3 Å². The van der Waals surface area contributed by atoms with Crippen LogP contribution in [0, 0.1) is 0 Å². The van der Waals surface area contributed by atoms with Crippen LogP contribution in [0.15, 0.2) is 71.2 Å². The predicted octanol–water partition coefficient (Wildman–Crippen LogP) is 5.00. The number of ether oxygens (including phenoxy) is 4. The Kier molecular flexibility index (Phi) is 15.6. The van der Waals surface area contributed by atoms with Gasteiger partial charge >= 0.3 is 34.6 Å². The second kappa shape index (κ2) is 20.7. The Morgan fingerprint density at radius 3 is 1.90 bits per heavy atom. The molecule has 0 bridgehead atoms. The highest BCUT2D eigenvalue weighted by Gasteiger charge is 2.57. The molecular weight excluding hydrogens is 969 g/mol. The van der Waals surface area contributed by atoms with Crippen molar-refractivity contribution in [2.75, 3.05) is 5.32 Å². The van der Waals surface area contributed by atoms with Crippen LogP contribution in [0.2, 0.25) is 0 Å². The van der Waals surface area contributed by atoms with Gasteiger partial charge in [-0.2, -0.15) is 23.4 Å². The Morgan fingerprint density at radius 1 is 0.873 bits per heavy atom. The topological polar surface area (TPSA) is 315 Å². The molecule has 5 amide bonds. The monoisotopic (exact) mass is 1020 g/mol. The fourth-order valence-electron chi connectivity index (χ4n) is 6.70. The number of β-lactam (4-membered cyclic amide) rings is 1. The number of oxime groups is 1. The minimum absolute atomic E-state index is 0.0315. The van der Waals surface area contributed by atoms with Gasteiger partial charge in [0.1, 0.15) is 46.0 Å². The average molecular weight is 1030 g/mol. The second-order valence-electron chi connectivity index (χ2n) is 19.3. The molecule has 1 aliphatic carbocycles. The van der Waals surface area contributed by atoms with Gasteiger partial charge in [-0.3, -0.25) is 19.5 Å². The molecule has 24 nitrogen and oxygen atoms in total. The van der Waals surface area contributed by atoms with Gasteiger partial charge in [-0.25, -0.2) is 33.4 Å². The number of benzene rings is 2. The number of hydrogen-bond acceptors (Lipinski definition) is 19. The zero-order valence-electron chi connectivity index (χ0n) is 40.4. The zero-order valence-corrected chi connectivity index (χ0v) is 42.0. The van der Waals surface area contributed by atoms with Gasteiger partial charge in [0.25, 0.3) is 11.8 Å². The summed E-state index contributed by atoms with van der Waals surface area (Å²) in [5.74, 6) is -3.25. The molecule has 0 radical (unpaired) electrons. The molecule has 2 aromatic carbocycles. The number of carbonyl (C=O) groups is 6. The van der Waals surface area contributed by atoms with Gasteiger partial charge in [-0.1, -0.05) is 65.8 Å². The highest BCUT2D eigenvalue weighted by atomic mass is 32.2. The lowest BCUT2D eigenvalue weighted by Gasteiger charge is -2.43. The molecule has 0 spiro atoms. The summed E-state index contributed by atoms with van der Waals surface area (Å²) in [4.78, 5) is 92.7. The SMILES string of the molecule is CC(C)(C)OC(=O)Nc1nc(/C(=N/OC2(C(=O)OC(c3ccccc3)c3ccccc3)CC2)C(=O)N[C@@H]2C(=O)N(S(=O)(=O)O)[C@@H]2Cn2nc(CN)c(CN(C(=O)OC(C)(C)C)C(=O)OC(C)(C)C)n2)cs1. The van der Waals surface area contributed by atoms with E-state index in [0.29, 0.717) is 16.0 Å². The molecule has 2 fully saturated rings. The molecule has 26 heteroatoms. The van der Waals surface area contributed by atoms with Crippen molar-refractivity contribution in [1.29, 1.82) is 0 Å². The first-order chi connectivity index (χ1) is 33.1. The van der Waals surface area contributed by atoms with Crippen molar-refractivity contribution in [3.05, 3.63) is 94.3 Å². The maximum atomic E-state index is 14.4. The van der Waals surface area contributed by atoms with Crippen molar-refractivity contribution in [1.82, 2.24) is 34.5 Å². The third-order valence-electron chi connectivity index (χ3n) is 9.98. The molecule has 1 saturated heterocycles. The summed E-state index contributed by atoms with van der Waals surface area (Å²) in [5.41, 5.74) is 1.86. The van der Waals surface area contributed by atoms with Crippen molar-refractivity contribution in [3.8, 4) is 0 Å². The van der Waals surface area contributed by atoms with Crippen LogP contribution in [-0.4, -0.2) is 118 Å². The number of nitrogens with zero attached hydrogens (tertiary/aromatic N) is 7. The molecule has 1 saturated carbocycles. The lowest BCUT2D eigenvalue weighted by molar-refractivity contribution is -0.164. The first kappa shape index (κ1) is 53.3. The van der Waals surface area contributed by atoms with E-state index in [1.165, 1.54) is 5.38 Å². The van der Waals surface area contributed by atoms with Gasteiger partial charge in [0.2, 0.25) is 5.60 Å². The van der Waals surface area contributed by atoms with E-state index in [1.54, 1.807) is 111 Å². The fraction of sp³-hybridized carbons (Fsp3) is 0.467. The smallest absolute Gasteiger partial charge is 0.420 e. The van der Waals surface area contributed by atoms with Gasteiger partial charge in [0, 0.05) is 24.8 Å². The quantitative estimate of drug-likeness (QED) is 0.0287. The van der Waals surface area contributed by atoms with E-state index in [0.717, 1.165) is 16.1 Å². The summed E-state index contributed by atoms with van der Waals surface area (Å²) in [6.45, 7) is 13.0. The number of hydrogen-bond donors (Lipinski definition) is 4. The first-order valence-corrected chi connectivity index (χ1v) is 24.3. The number of rotatable bonds is 16. The molecule has 71 heavy (non-hydrogen) atoms. The van der Waals surface area contributed by atoms with Crippen LogP contribution in [0.5, 0.6) is 0 Å². The number of amides is 5. The van der Waals surface area contributed by atoms with Gasteiger partial charge in [0.15, 0.2) is 16.9 Å². The van der Waals surface area contributed by atoms with Crippen LogP contribution in [0.4, 0.5) is 19.5 Å². The number of aromatic nitrogens is 4. The summed E-state index contributed by atoms with van der Waals surface area (Å²) >= 11 is 0.862. The average Bonchev–Trinajstić information content (AvgIpc) is 3.75. The van der Waals surface area contributed by atoms with Gasteiger partial charge in [0.05, 0.1) is 13.1 Å². The Bertz CT molecular complexity index is 2710. The molecule has 4 aromatic rings. The number of thiazole rings is 1. The van der Waals surface area contributed by atoms with E-state index in [9.17, 15) is 41.7 Å². The molecule has 2 aliphatic rings. The number of anilines is 1. The normalized spacial score (nSPS) is 16.9. The molecule has 5 N–H and O–H groups in total. The second-order valence-corrected chi connectivity index (χ2v) is 21.5. The molecule has 6 rings (SSSR count). The van der Waals surface area contributed by atoms with Crippen LogP contribution >= 0.6 is 11.3 Å². The minimum Gasteiger partial charge on any atom is -0.450 e. The number of nitrogens with two attached hydrogens (primary N) is 1.